The maximum Gasteiger partial charge on any atom is 0.273 e. The monoisotopic (exact) mass is 763 g/mol. The lowest BCUT2D eigenvalue weighted by molar-refractivity contribution is -0.384. The van der Waals surface area contributed by atoms with Gasteiger partial charge in [0, 0.05) is 32.9 Å². The summed E-state index contributed by atoms with van der Waals surface area (Å²) in [5.74, 6) is -2.95. The zero-order valence-corrected chi connectivity index (χ0v) is 27.1. The van der Waals surface area contributed by atoms with E-state index in [9.17, 15) is 29.3 Å². The van der Waals surface area contributed by atoms with Gasteiger partial charge in [-0.05, 0) is 72.9 Å². The number of rotatable bonds is 8. The highest BCUT2D eigenvalue weighted by Crippen LogP contribution is 2.60. The third-order valence-electron chi connectivity index (χ3n) is 8.36. The first-order valence-electron chi connectivity index (χ1n) is 13.4. The van der Waals surface area contributed by atoms with Crippen molar-refractivity contribution < 1.29 is 28.8 Å². The third-order valence-corrected chi connectivity index (χ3v) is 12.3. The number of hydrazine groups is 1. The van der Waals surface area contributed by atoms with E-state index >= 15 is 0 Å². The second kappa shape index (κ2) is 11.9. The second-order valence-corrected chi connectivity index (χ2v) is 13.7. The Bertz CT molecular complexity index is 1670. The lowest BCUT2D eigenvalue weighted by atomic mass is 9.81. The lowest BCUT2D eigenvalue weighted by Gasteiger charge is -2.31. The first-order valence-corrected chi connectivity index (χ1v) is 16.0. The molecule has 2 bridgehead atoms. The molecular weight excluding hydrogens is 745 g/mol. The highest BCUT2D eigenvalue weighted by Gasteiger charge is 2.67. The number of Topliss-reactive ketones (excluding diaryl/α,β-unsaturated/α-hetero) is 1. The van der Waals surface area contributed by atoms with Crippen LogP contribution in [0.4, 0.5) is 5.69 Å². The van der Waals surface area contributed by atoms with Crippen molar-refractivity contribution >= 4 is 84.3 Å². The van der Waals surface area contributed by atoms with Gasteiger partial charge in [-0.25, -0.2) is 5.01 Å². The van der Waals surface area contributed by atoms with E-state index in [0.29, 0.717) is 17.9 Å². The molecule has 10 nitrogen and oxygen atoms in total. The number of fused-ring (bicyclic) bond motifs is 5. The number of hydrogen-bond acceptors (Lipinski definition) is 7. The minimum absolute atomic E-state index is 0.00181. The van der Waals surface area contributed by atoms with Crippen LogP contribution in [-0.4, -0.2) is 54.6 Å². The van der Waals surface area contributed by atoms with Crippen LogP contribution >= 0.6 is 55.1 Å². The minimum atomic E-state index is -0.755. The summed E-state index contributed by atoms with van der Waals surface area (Å²) in [4.78, 5) is 65.3. The number of hydrogen-bond donors (Lipinski definition) is 0. The number of nitro groups is 1. The fourth-order valence-corrected chi connectivity index (χ4v) is 8.46. The average molecular weight is 766 g/mol. The van der Waals surface area contributed by atoms with Gasteiger partial charge in [0.2, 0.25) is 0 Å². The van der Waals surface area contributed by atoms with Crippen molar-refractivity contribution in [3.05, 3.63) is 98.0 Å². The van der Waals surface area contributed by atoms with E-state index in [2.05, 4.69) is 31.9 Å². The number of imide groups is 1. The van der Waals surface area contributed by atoms with Crippen molar-refractivity contribution in [1.82, 2.24) is 10.0 Å². The van der Waals surface area contributed by atoms with Crippen molar-refractivity contribution in [3.63, 3.8) is 0 Å². The predicted octanol–water partition coefficient (Wildman–Crippen LogP) is 6.71. The maximum atomic E-state index is 13.8. The normalized spacial score (nSPS) is 25.2. The molecule has 3 fully saturated rings. The van der Waals surface area contributed by atoms with Gasteiger partial charge in [0.1, 0.15) is 18.0 Å². The van der Waals surface area contributed by atoms with Gasteiger partial charge in [-0.2, -0.15) is 5.01 Å². The highest BCUT2D eigenvalue weighted by atomic mass is 79.9. The Morgan fingerprint density at radius 3 is 1.91 bits per heavy atom. The van der Waals surface area contributed by atoms with E-state index < -0.39 is 46.8 Å². The number of ether oxygens (including phenoxy) is 1. The number of alkyl halides is 2. The fraction of sp³-hybridized carbons (Fsp3) is 0.267. The zero-order chi connectivity index (χ0) is 31.4. The predicted molar refractivity (Wildman–Crippen MR) is 167 cm³/mol. The number of ketones is 1. The first kappa shape index (κ1) is 30.7. The molecule has 0 spiro atoms. The Morgan fingerprint density at radius 2 is 1.39 bits per heavy atom. The number of benzene rings is 3. The molecule has 0 N–H and O–H groups in total. The quantitative estimate of drug-likeness (QED) is 0.0820. The molecule has 6 atom stereocenters. The summed E-state index contributed by atoms with van der Waals surface area (Å²) in [5.41, 5.74) is 0.174. The molecule has 3 aliphatic rings. The molecule has 3 aromatic carbocycles. The summed E-state index contributed by atoms with van der Waals surface area (Å²) in [7, 11) is 0. The number of amides is 3. The third kappa shape index (κ3) is 5.31. The number of carbonyl (C=O) groups is 4. The summed E-state index contributed by atoms with van der Waals surface area (Å²) >= 11 is 19.5. The molecule has 0 unspecified atom stereocenters. The molecule has 226 valence electrons. The minimum Gasteiger partial charge on any atom is -0.457 e. The number of non-ortho nitro benzene ring substituents is 1. The molecule has 1 saturated heterocycles. The second-order valence-electron chi connectivity index (χ2n) is 10.8. The standard InChI is InChI=1S/C30H21Br2Cl2N3O7/c31-26-19-12-20(27(26)32)25-24(19)29(40)36(30(25)41)35(28(39)15-3-10-21(33)22(34)11-15)13-23(38)14-1-6-17(7-2-14)44-18-8-4-16(5-9-18)37(42)43/h1-11,19-20,24-27H,12-13H2/t19-,20-,24-,25+,26-,27+/m1/s1. The Balaban J connectivity index is 1.26. The number of nitrogens with zero attached hydrogens (tertiary/aromatic N) is 3. The SMILES string of the molecule is O=C(CN(C(=O)c1ccc(Cl)c(Cl)c1)N1C(=O)[C@@H]2[C@H]3C[C@@H]([C@H](Br)[C@@H]3Br)[C@@H]2C1=O)c1ccc(Oc2ccc([N+](=O)[O-])cc2)cc1. The molecule has 6 rings (SSSR count). The first-order chi connectivity index (χ1) is 21.0. The molecule has 14 heteroatoms. The van der Waals surface area contributed by atoms with Crippen LogP contribution in [-0.2, 0) is 9.59 Å². The van der Waals surface area contributed by atoms with Crippen LogP contribution in [0.5, 0.6) is 11.5 Å². The molecule has 44 heavy (non-hydrogen) atoms. The van der Waals surface area contributed by atoms with Gasteiger partial charge in [0.25, 0.3) is 23.4 Å². The zero-order valence-electron chi connectivity index (χ0n) is 22.4. The Labute approximate surface area is 277 Å². The van der Waals surface area contributed by atoms with Gasteiger partial charge in [-0.3, -0.25) is 29.3 Å². The lowest BCUT2D eigenvalue weighted by Crippen LogP contribution is -2.52. The molecule has 2 saturated carbocycles. The molecule has 3 aromatic rings. The highest BCUT2D eigenvalue weighted by molar-refractivity contribution is 9.12. The number of carbonyl (C=O) groups excluding carboxylic acids is 4. The van der Waals surface area contributed by atoms with Gasteiger partial charge in [-0.1, -0.05) is 55.1 Å². The number of halogens is 4. The Kier molecular flexibility index (Phi) is 8.29. The van der Waals surface area contributed by atoms with Crippen molar-refractivity contribution in [1.29, 1.82) is 0 Å². The van der Waals surface area contributed by atoms with Crippen molar-refractivity contribution in [2.75, 3.05) is 6.54 Å². The van der Waals surface area contributed by atoms with Gasteiger partial charge >= 0.3 is 0 Å². The van der Waals surface area contributed by atoms with Gasteiger partial charge in [-0.15, -0.1) is 0 Å². The van der Waals surface area contributed by atoms with Crippen LogP contribution in [0.25, 0.3) is 0 Å². The van der Waals surface area contributed by atoms with Crippen molar-refractivity contribution in [2.24, 2.45) is 23.7 Å². The Hall–Kier alpha value is -3.32. The molecule has 0 aromatic heterocycles. The van der Waals surface area contributed by atoms with Gasteiger partial charge in [0.15, 0.2) is 5.78 Å². The average Bonchev–Trinajstić information content (AvgIpc) is 3.62. The van der Waals surface area contributed by atoms with Gasteiger partial charge < -0.3 is 4.74 Å². The fourth-order valence-electron chi connectivity index (χ4n) is 6.29. The van der Waals surface area contributed by atoms with Gasteiger partial charge in [0.05, 0.1) is 26.8 Å². The Morgan fingerprint density at radius 1 is 0.864 bits per heavy atom. The largest absolute Gasteiger partial charge is 0.457 e. The van der Waals surface area contributed by atoms with Crippen LogP contribution < -0.4 is 4.74 Å². The summed E-state index contributed by atoms with van der Waals surface area (Å²) < 4.78 is 5.71. The molecule has 3 amide bonds. The van der Waals surface area contributed by atoms with Crippen molar-refractivity contribution in [3.8, 4) is 11.5 Å². The summed E-state index contributed by atoms with van der Waals surface area (Å²) in [6, 6.07) is 15.7. The molecule has 2 aliphatic carbocycles. The maximum absolute atomic E-state index is 13.8. The van der Waals surface area contributed by atoms with E-state index in [0.717, 1.165) is 10.0 Å². The molecule has 1 heterocycles. The summed E-state index contributed by atoms with van der Waals surface area (Å²) in [6.07, 6.45) is 0.709. The van der Waals surface area contributed by atoms with Crippen LogP contribution in [0.15, 0.2) is 66.7 Å². The molecule has 0 radical (unpaired) electrons. The molecular formula is C30H21Br2Cl2N3O7. The van der Waals surface area contributed by atoms with Crippen LogP contribution in [0.1, 0.15) is 27.1 Å². The van der Waals surface area contributed by atoms with E-state index in [1.54, 1.807) is 0 Å². The topological polar surface area (TPSA) is 127 Å². The van der Waals surface area contributed by atoms with E-state index in [4.69, 9.17) is 27.9 Å². The van der Waals surface area contributed by atoms with E-state index in [1.165, 1.54) is 66.7 Å². The summed E-state index contributed by atoms with van der Waals surface area (Å²) in [5, 5.41) is 12.9. The van der Waals surface area contributed by atoms with Crippen LogP contribution in [0, 0.1) is 33.8 Å². The smallest absolute Gasteiger partial charge is 0.273 e. The number of nitro benzene ring substituents is 1. The van der Waals surface area contributed by atoms with E-state index in [1.807, 2.05) is 0 Å². The van der Waals surface area contributed by atoms with Crippen LogP contribution in [0.3, 0.4) is 0 Å². The van der Waals surface area contributed by atoms with Crippen molar-refractivity contribution in [2.45, 2.75) is 16.1 Å². The molecule has 1 aliphatic heterocycles. The summed E-state index contributed by atoms with van der Waals surface area (Å²) in [6.45, 7) is -0.594. The van der Waals surface area contributed by atoms with Crippen LogP contribution in [0.2, 0.25) is 10.0 Å². The van der Waals surface area contributed by atoms with E-state index in [-0.39, 0.29) is 48.3 Å².